The monoisotopic (exact) mass is 305 g/mol. The fourth-order valence-corrected chi connectivity index (χ4v) is 1.73. The van der Waals surface area contributed by atoms with Gasteiger partial charge >= 0.3 is 0 Å². The molecule has 0 saturated carbocycles. The summed E-state index contributed by atoms with van der Waals surface area (Å²) in [4.78, 5) is 11.8. The number of aliphatic hydroxyl groups is 1. The first-order chi connectivity index (χ1) is 10.6. The Kier molecular flexibility index (Phi) is 5.37. The van der Waals surface area contributed by atoms with Crippen LogP contribution in [0.1, 0.15) is 23.1 Å². The van der Waals surface area contributed by atoms with Gasteiger partial charge in [-0.05, 0) is 25.1 Å². The second-order valence-electron chi connectivity index (χ2n) is 4.81. The average molecular weight is 305 g/mol. The van der Waals surface area contributed by atoms with Crippen molar-refractivity contribution in [1.29, 1.82) is 0 Å². The molecule has 7 nitrogen and oxygen atoms in total. The first-order valence-corrected chi connectivity index (χ1v) is 6.86. The third-order valence-corrected chi connectivity index (χ3v) is 2.86. The molecule has 1 aromatic heterocycles. The summed E-state index contributed by atoms with van der Waals surface area (Å²) in [6.07, 6.45) is -0.598. The van der Waals surface area contributed by atoms with Gasteiger partial charge in [-0.2, -0.15) is 5.10 Å². The molecular formula is C15H19N3O4. The van der Waals surface area contributed by atoms with Crippen molar-refractivity contribution >= 4 is 5.91 Å². The van der Waals surface area contributed by atoms with E-state index >= 15 is 0 Å². The Labute approximate surface area is 128 Å². The Hall–Kier alpha value is -2.54. The summed E-state index contributed by atoms with van der Waals surface area (Å²) in [6, 6.07) is 8.85. The number of hydrogen-bond acceptors (Lipinski definition) is 5. The number of amides is 1. The molecule has 2 aromatic rings. The highest BCUT2D eigenvalue weighted by Gasteiger charge is 2.11. The summed E-state index contributed by atoms with van der Waals surface area (Å²) in [5.74, 6) is 1.03. The predicted octanol–water partition coefficient (Wildman–Crippen LogP) is 1.11. The molecule has 1 atom stereocenters. The average Bonchev–Trinajstić information content (AvgIpc) is 3.00. The number of benzene rings is 1. The van der Waals surface area contributed by atoms with E-state index in [-0.39, 0.29) is 24.8 Å². The molecule has 1 amide bonds. The smallest absolute Gasteiger partial charge is 0.271 e. The van der Waals surface area contributed by atoms with Gasteiger partial charge in [-0.1, -0.05) is 6.07 Å². The molecule has 1 heterocycles. The van der Waals surface area contributed by atoms with Crippen molar-refractivity contribution < 1.29 is 19.4 Å². The lowest BCUT2D eigenvalue weighted by molar-refractivity contribution is 0.0919. The van der Waals surface area contributed by atoms with Crippen molar-refractivity contribution in [2.24, 2.45) is 0 Å². The standard InChI is InChI=1S/C15H19N3O4/c1-10(19)8-16-15(20)14-6-11(17-18-14)9-22-13-5-3-4-12(7-13)21-2/h3-7,10,19H,8-9H2,1-2H3,(H,16,20)(H,17,18)/t10-/m1/s1. The molecule has 22 heavy (non-hydrogen) atoms. The van der Waals surface area contributed by atoms with E-state index in [2.05, 4.69) is 15.5 Å². The molecular weight excluding hydrogens is 286 g/mol. The summed E-state index contributed by atoms with van der Waals surface area (Å²) in [6.45, 7) is 2.03. The van der Waals surface area contributed by atoms with Crippen LogP contribution in [0.25, 0.3) is 0 Å². The second-order valence-corrected chi connectivity index (χ2v) is 4.81. The highest BCUT2D eigenvalue weighted by molar-refractivity contribution is 5.92. The SMILES string of the molecule is COc1cccc(OCc2cc(C(=O)NC[C@@H](C)O)n[nH]2)c1. The van der Waals surface area contributed by atoms with Crippen molar-refractivity contribution in [3.05, 3.63) is 41.7 Å². The zero-order valence-electron chi connectivity index (χ0n) is 12.5. The van der Waals surface area contributed by atoms with E-state index in [1.165, 1.54) is 0 Å². The number of carbonyl (C=O) groups excluding carboxylic acids is 1. The molecule has 0 saturated heterocycles. The number of carbonyl (C=O) groups is 1. The van der Waals surface area contributed by atoms with Gasteiger partial charge in [0.05, 0.1) is 18.9 Å². The third-order valence-electron chi connectivity index (χ3n) is 2.86. The van der Waals surface area contributed by atoms with Crippen molar-refractivity contribution in [3.63, 3.8) is 0 Å². The molecule has 1 aromatic carbocycles. The van der Waals surface area contributed by atoms with E-state index in [1.807, 2.05) is 18.2 Å². The number of nitrogens with one attached hydrogen (secondary N) is 2. The zero-order chi connectivity index (χ0) is 15.9. The number of aromatic nitrogens is 2. The first kappa shape index (κ1) is 15.8. The molecule has 0 aliphatic carbocycles. The number of aromatic amines is 1. The van der Waals surface area contributed by atoms with Crippen LogP contribution < -0.4 is 14.8 Å². The Morgan fingerprint density at radius 3 is 2.91 bits per heavy atom. The Balaban J connectivity index is 1.90. The van der Waals surface area contributed by atoms with Crippen LogP contribution >= 0.6 is 0 Å². The maximum absolute atomic E-state index is 11.8. The highest BCUT2D eigenvalue weighted by Crippen LogP contribution is 2.19. The van der Waals surface area contributed by atoms with Gasteiger partial charge in [-0.15, -0.1) is 0 Å². The Bertz CT molecular complexity index is 625. The van der Waals surface area contributed by atoms with Crippen molar-refractivity contribution in [1.82, 2.24) is 15.5 Å². The number of methoxy groups -OCH3 is 1. The highest BCUT2D eigenvalue weighted by atomic mass is 16.5. The molecule has 3 N–H and O–H groups in total. The summed E-state index contributed by atoms with van der Waals surface area (Å²) >= 11 is 0. The predicted molar refractivity (Wildman–Crippen MR) is 79.9 cm³/mol. The topological polar surface area (TPSA) is 96.5 Å². The molecule has 118 valence electrons. The van der Waals surface area contributed by atoms with Gasteiger partial charge in [0.2, 0.25) is 0 Å². The lowest BCUT2D eigenvalue weighted by Crippen LogP contribution is -2.30. The maximum atomic E-state index is 11.8. The molecule has 7 heteroatoms. The third kappa shape index (κ3) is 4.49. The first-order valence-electron chi connectivity index (χ1n) is 6.86. The number of H-pyrrole nitrogens is 1. The summed E-state index contributed by atoms with van der Waals surface area (Å²) in [5, 5.41) is 18.4. The quantitative estimate of drug-likeness (QED) is 0.712. The molecule has 0 bridgehead atoms. The molecule has 0 unspecified atom stereocenters. The van der Waals surface area contributed by atoms with Crippen molar-refractivity contribution in [2.75, 3.05) is 13.7 Å². The summed E-state index contributed by atoms with van der Waals surface area (Å²) in [5.41, 5.74) is 0.926. The number of nitrogens with zero attached hydrogens (tertiary/aromatic N) is 1. The lowest BCUT2D eigenvalue weighted by atomic mass is 10.3. The maximum Gasteiger partial charge on any atom is 0.271 e. The zero-order valence-corrected chi connectivity index (χ0v) is 12.5. The molecule has 0 aliphatic heterocycles. The number of hydrogen-bond donors (Lipinski definition) is 3. The molecule has 0 radical (unpaired) electrons. The number of aliphatic hydroxyl groups excluding tert-OH is 1. The lowest BCUT2D eigenvalue weighted by Gasteiger charge is -2.06. The largest absolute Gasteiger partial charge is 0.497 e. The molecule has 0 fully saturated rings. The normalized spacial score (nSPS) is 11.8. The van der Waals surface area contributed by atoms with E-state index in [1.54, 1.807) is 26.2 Å². The van der Waals surface area contributed by atoms with Crippen molar-refractivity contribution in [3.8, 4) is 11.5 Å². The Morgan fingerprint density at radius 1 is 1.41 bits per heavy atom. The number of ether oxygens (including phenoxy) is 2. The van der Waals surface area contributed by atoms with E-state index < -0.39 is 6.10 Å². The fourth-order valence-electron chi connectivity index (χ4n) is 1.73. The minimum absolute atomic E-state index is 0.182. The number of rotatable bonds is 7. The van der Waals surface area contributed by atoms with Crippen LogP contribution in [0.15, 0.2) is 30.3 Å². The van der Waals surface area contributed by atoms with Crippen LogP contribution in [0.3, 0.4) is 0 Å². The minimum Gasteiger partial charge on any atom is -0.497 e. The molecule has 0 aliphatic rings. The van der Waals surface area contributed by atoms with Crippen molar-refractivity contribution in [2.45, 2.75) is 19.6 Å². The summed E-state index contributed by atoms with van der Waals surface area (Å²) < 4.78 is 10.7. The van der Waals surface area contributed by atoms with E-state index in [4.69, 9.17) is 14.6 Å². The van der Waals surface area contributed by atoms with Gasteiger partial charge in [0.15, 0.2) is 0 Å². The molecule has 0 spiro atoms. The van der Waals surface area contributed by atoms with Crippen LogP contribution in [0.5, 0.6) is 11.5 Å². The summed E-state index contributed by atoms with van der Waals surface area (Å²) in [7, 11) is 1.59. The van der Waals surface area contributed by atoms with Gasteiger partial charge in [0.1, 0.15) is 23.8 Å². The van der Waals surface area contributed by atoms with E-state index in [9.17, 15) is 4.79 Å². The van der Waals surface area contributed by atoms with Crippen LogP contribution in [0, 0.1) is 0 Å². The fraction of sp³-hybridized carbons (Fsp3) is 0.333. The van der Waals surface area contributed by atoms with E-state index in [0.29, 0.717) is 17.2 Å². The molecule has 2 rings (SSSR count). The second kappa shape index (κ2) is 7.46. The van der Waals surface area contributed by atoms with E-state index in [0.717, 1.165) is 0 Å². The van der Waals surface area contributed by atoms with Gasteiger partial charge in [0, 0.05) is 12.6 Å². The van der Waals surface area contributed by atoms with Crippen LogP contribution in [-0.4, -0.2) is 41.0 Å². The van der Waals surface area contributed by atoms with Gasteiger partial charge in [-0.25, -0.2) is 0 Å². The van der Waals surface area contributed by atoms with Gasteiger partial charge < -0.3 is 19.9 Å². The minimum atomic E-state index is -0.598. The van der Waals surface area contributed by atoms with Gasteiger partial charge in [0.25, 0.3) is 5.91 Å². The van der Waals surface area contributed by atoms with Gasteiger partial charge in [-0.3, -0.25) is 9.89 Å². The van der Waals surface area contributed by atoms with Crippen LogP contribution in [0.4, 0.5) is 0 Å². The van der Waals surface area contributed by atoms with Crippen LogP contribution in [-0.2, 0) is 6.61 Å². The van der Waals surface area contributed by atoms with Crippen LogP contribution in [0.2, 0.25) is 0 Å². The Morgan fingerprint density at radius 2 is 2.18 bits per heavy atom.